The van der Waals surface area contributed by atoms with Gasteiger partial charge in [0.05, 0.1) is 17.2 Å². The second-order valence-electron chi connectivity index (χ2n) is 4.33. The Labute approximate surface area is 105 Å². The summed E-state index contributed by atoms with van der Waals surface area (Å²) < 4.78 is 0. The molecular formula is C12H15ClN2O2. The Balaban J connectivity index is 2.66. The SMILES string of the molecule is CC(C)(C=NNC(=O)c1ccccc1Cl)CO. The van der Waals surface area contributed by atoms with Gasteiger partial charge in [-0.2, -0.15) is 5.10 Å². The highest BCUT2D eigenvalue weighted by Gasteiger charge is 2.13. The minimum absolute atomic E-state index is 0.0432. The number of carbonyl (C=O) groups is 1. The van der Waals surface area contributed by atoms with Gasteiger partial charge in [0.25, 0.3) is 5.91 Å². The molecule has 0 aromatic heterocycles. The van der Waals surface area contributed by atoms with Gasteiger partial charge < -0.3 is 5.11 Å². The summed E-state index contributed by atoms with van der Waals surface area (Å²) in [4.78, 5) is 11.7. The monoisotopic (exact) mass is 254 g/mol. The van der Waals surface area contributed by atoms with E-state index in [1.54, 1.807) is 38.1 Å². The van der Waals surface area contributed by atoms with E-state index >= 15 is 0 Å². The molecule has 0 aliphatic carbocycles. The summed E-state index contributed by atoms with van der Waals surface area (Å²) in [5.74, 6) is -0.374. The molecule has 0 spiro atoms. The molecule has 1 amide bonds. The molecule has 0 fully saturated rings. The van der Waals surface area contributed by atoms with Crippen molar-refractivity contribution >= 4 is 23.7 Å². The van der Waals surface area contributed by atoms with Crippen molar-refractivity contribution in [2.45, 2.75) is 13.8 Å². The van der Waals surface area contributed by atoms with Crippen LogP contribution >= 0.6 is 11.6 Å². The fraction of sp³-hybridized carbons (Fsp3) is 0.333. The second-order valence-corrected chi connectivity index (χ2v) is 4.73. The molecule has 0 saturated heterocycles. The highest BCUT2D eigenvalue weighted by Crippen LogP contribution is 2.14. The topological polar surface area (TPSA) is 61.7 Å². The molecule has 17 heavy (non-hydrogen) atoms. The third kappa shape index (κ3) is 4.17. The van der Waals surface area contributed by atoms with E-state index in [1.807, 2.05) is 0 Å². The van der Waals surface area contributed by atoms with Crippen molar-refractivity contribution in [3.63, 3.8) is 0 Å². The molecule has 0 atom stereocenters. The average molecular weight is 255 g/mol. The zero-order valence-electron chi connectivity index (χ0n) is 9.77. The van der Waals surface area contributed by atoms with E-state index in [-0.39, 0.29) is 12.5 Å². The smallest absolute Gasteiger partial charge is 0.272 e. The van der Waals surface area contributed by atoms with Crippen molar-refractivity contribution in [3.05, 3.63) is 34.9 Å². The second kappa shape index (κ2) is 5.80. The summed E-state index contributed by atoms with van der Waals surface area (Å²) in [5.41, 5.74) is 2.27. The minimum atomic E-state index is -0.465. The Hall–Kier alpha value is -1.39. The fourth-order valence-electron chi connectivity index (χ4n) is 1.01. The lowest BCUT2D eigenvalue weighted by Crippen LogP contribution is -2.23. The molecule has 92 valence electrons. The Bertz CT molecular complexity index is 430. The van der Waals surface area contributed by atoms with Crippen LogP contribution in [0, 0.1) is 5.41 Å². The number of hydrogen-bond donors (Lipinski definition) is 2. The lowest BCUT2D eigenvalue weighted by Gasteiger charge is -2.14. The van der Waals surface area contributed by atoms with Gasteiger partial charge in [-0.05, 0) is 12.1 Å². The van der Waals surface area contributed by atoms with E-state index in [9.17, 15) is 4.79 Å². The lowest BCUT2D eigenvalue weighted by molar-refractivity contribution is 0.0954. The van der Waals surface area contributed by atoms with E-state index in [2.05, 4.69) is 10.5 Å². The van der Waals surface area contributed by atoms with Crippen LogP contribution in [0.2, 0.25) is 5.02 Å². The van der Waals surface area contributed by atoms with Gasteiger partial charge in [-0.25, -0.2) is 5.43 Å². The summed E-state index contributed by atoms with van der Waals surface area (Å²) in [6.45, 7) is 3.56. The maximum atomic E-state index is 11.7. The number of carbonyl (C=O) groups excluding carboxylic acids is 1. The number of aliphatic hydroxyl groups is 1. The van der Waals surface area contributed by atoms with E-state index in [0.29, 0.717) is 10.6 Å². The van der Waals surface area contributed by atoms with Crippen molar-refractivity contribution < 1.29 is 9.90 Å². The molecule has 1 aromatic carbocycles. The van der Waals surface area contributed by atoms with Crippen LogP contribution in [0.3, 0.4) is 0 Å². The van der Waals surface area contributed by atoms with Gasteiger partial charge in [0.15, 0.2) is 0 Å². The first-order chi connectivity index (χ1) is 7.96. The molecule has 0 aliphatic rings. The molecule has 4 nitrogen and oxygen atoms in total. The number of amides is 1. The Morgan fingerprint density at radius 3 is 2.76 bits per heavy atom. The molecule has 0 aliphatic heterocycles. The van der Waals surface area contributed by atoms with Gasteiger partial charge in [0.1, 0.15) is 0 Å². The van der Waals surface area contributed by atoms with E-state index < -0.39 is 5.41 Å². The van der Waals surface area contributed by atoms with Crippen LogP contribution < -0.4 is 5.43 Å². The maximum Gasteiger partial charge on any atom is 0.272 e. The predicted molar refractivity (Wildman–Crippen MR) is 68.3 cm³/mol. The molecule has 0 bridgehead atoms. The van der Waals surface area contributed by atoms with Crippen LogP contribution in [0.15, 0.2) is 29.4 Å². The number of rotatable bonds is 4. The number of aliphatic hydroxyl groups excluding tert-OH is 1. The van der Waals surface area contributed by atoms with E-state index in [1.165, 1.54) is 6.21 Å². The Morgan fingerprint density at radius 1 is 1.53 bits per heavy atom. The van der Waals surface area contributed by atoms with E-state index in [0.717, 1.165) is 0 Å². The van der Waals surface area contributed by atoms with E-state index in [4.69, 9.17) is 16.7 Å². The number of halogens is 1. The lowest BCUT2D eigenvalue weighted by atomic mass is 9.97. The minimum Gasteiger partial charge on any atom is -0.395 e. The molecule has 0 radical (unpaired) electrons. The molecule has 5 heteroatoms. The van der Waals surface area contributed by atoms with Crippen molar-refractivity contribution in [3.8, 4) is 0 Å². The van der Waals surface area contributed by atoms with Crippen molar-refractivity contribution in [2.24, 2.45) is 10.5 Å². The molecule has 1 aromatic rings. The number of benzene rings is 1. The standard InChI is InChI=1S/C12H15ClN2O2/c1-12(2,8-16)7-14-15-11(17)9-5-3-4-6-10(9)13/h3-7,16H,8H2,1-2H3,(H,15,17). The zero-order valence-corrected chi connectivity index (χ0v) is 10.5. The fourth-order valence-corrected chi connectivity index (χ4v) is 1.23. The molecule has 0 unspecified atom stereocenters. The number of nitrogens with zero attached hydrogens (tertiary/aromatic N) is 1. The van der Waals surface area contributed by atoms with Crippen LogP contribution in [0.4, 0.5) is 0 Å². The molecule has 0 heterocycles. The third-order valence-electron chi connectivity index (χ3n) is 2.11. The highest BCUT2D eigenvalue weighted by atomic mass is 35.5. The Kier molecular flexibility index (Phi) is 4.66. The first kappa shape index (κ1) is 13.7. The largest absolute Gasteiger partial charge is 0.395 e. The Morgan fingerprint density at radius 2 is 2.18 bits per heavy atom. The van der Waals surface area contributed by atoms with Gasteiger partial charge in [0.2, 0.25) is 0 Å². The van der Waals surface area contributed by atoms with Crippen LogP contribution in [0.5, 0.6) is 0 Å². The first-order valence-electron chi connectivity index (χ1n) is 5.16. The first-order valence-corrected chi connectivity index (χ1v) is 5.54. The molecule has 1 rings (SSSR count). The normalized spacial score (nSPS) is 11.8. The van der Waals surface area contributed by atoms with Crippen molar-refractivity contribution in [2.75, 3.05) is 6.61 Å². The highest BCUT2D eigenvalue weighted by molar-refractivity contribution is 6.33. The summed E-state index contributed by atoms with van der Waals surface area (Å²) in [6.07, 6.45) is 1.49. The number of nitrogens with one attached hydrogen (secondary N) is 1. The molecule has 2 N–H and O–H groups in total. The number of hydrogen-bond acceptors (Lipinski definition) is 3. The van der Waals surface area contributed by atoms with Gasteiger partial charge in [-0.1, -0.05) is 37.6 Å². The molecular weight excluding hydrogens is 240 g/mol. The molecule has 0 saturated carbocycles. The van der Waals surface area contributed by atoms with Gasteiger partial charge in [-0.15, -0.1) is 0 Å². The average Bonchev–Trinajstić information content (AvgIpc) is 2.29. The van der Waals surface area contributed by atoms with Gasteiger partial charge >= 0.3 is 0 Å². The summed E-state index contributed by atoms with van der Waals surface area (Å²) in [5, 5.41) is 13.2. The van der Waals surface area contributed by atoms with Crippen LogP contribution in [0.1, 0.15) is 24.2 Å². The summed E-state index contributed by atoms with van der Waals surface area (Å²) in [7, 11) is 0. The van der Waals surface area contributed by atoms with Gasteiger partial charge in [-0.3, -0.25) is 4.79 Å². The van der Waals surface area contributed by atoms with Crippen molar-refractivity contribution in [1.29, 1.82) is 0 Å². The third-order valence-corrected chi connectivity index (χ3v) is 2.44. The zero-order chi connectivity index (χ0) is 12.9. The van der Waals surface area contributed by atoms with Crippen LogP contribution in [-0.4, -0.2) is 23.8 Å². The quantitative estimate of drug-likeness (QED) is 0.638. The van der Waals surface area contributed by atoms with Crippen molar-refractivity contribution in [1.82, 2.24) is 5.43 Å². The summed E-state index contributed by atoms with van der Waals surface area (Å²) in [6, 6.07) is 6.72. The summed E-state index contributed by atoms with van der Waals surface area (Å²) >= 11 is 5.86. The van der Waals surface area contributed by atoms with Crippen LogP contribution in [-0.2, 0) is 0 Å². The maximum absolute atomic E-state index is 11.7. The predicted octanol–water partition coefficient (Wildman–Crippen LogP) is 2.07. The van der Waals surface area contributed by atoms with Gasteiger partial charge in [0, 0.05) is 11.6 Å². The van der Waals surface area contributed by atoms with Crippen LogP contribution in [0.25, 0.3) is 0 Å². The number of hydrazone groups is 1.